The van der Waals surface area contributed by atoms with E-state index in [1.807, 2.05) is 12.1 Å². The molecule has 0 bridgehead atoms. The van der Waals surface area contributed by atoms with Crippen LogP contribution < -0.4 is 5.32 Å². The Morgan fingerprint density at radius 2 is 2.22 bits per heavy atom. The van der Waals surface area contributed by atoms with Crippen LogP contribution in [-0.2, 0) is 6.54 Å². The van der Waals surface area contributed by atoms with E-state index in [2.05, 4.69) is 34.2 Å². The largest absolute Gasteiger partial charge is 0.310 e. The van der Waals surface area contributed by atoms with Crippen molar-refractivity contribution in [1.82, 2.24) is 5.32 Å². The van der Waals surface area contributed by atoms with Crippen molar-refractivity contribution >= 4 is 27.5 Å². The average molecular weight is 331 g/mol. The Bertz CT molecular complexity index is 394. The van der Waals surface area contributed by atoms with Crippen LogP contribution in [0.2, 0.25) is 5.02 Å². The highest BCUT2D eigenvalue weighted by atomic mass is 79.9. The Kier molecular flexibility index (Phi) is 5.53. The third-order valence-electron chi connectivity index (χ3n) is 3.95. The molecule has 0 radical (unpaired) electrons. The summed E-state index contributed by atoms with van der Waals surface area (Å²) >= 11 is 9.71. The van der Waals surface area contributed by atoms with Gasteiger partial charge in [0.05, 0.1) is 0 Å². The average Bonchev–Trinajstić information content (AvgIpc) is 2.40. The molecule has 0 spiro atoms. The van der Waals surface area contributed by atoms with Crippen LogP contribution in [0.25, 0.3) is 0 Å². The van der Waals surface area contributed by atoms with Crippen LogP contribution in [0.5, 0.6) is 0 Å². The molecule has 1 saturated carbocycles. The molecule has 18 heavy (non-hydrogen) atoms. The number of benzene rings is 1. The van der Waals surface area contributed by atoms with Crippen molar-refractivity contribution in [3.05, 3.63) is 33.3 Å². The van der Waals surface area contributed by atoms with Gasteiger partial charge in [-0.3, -0.25) is 0 Å². The van der Waals surface area contributed by atoms with Crippen LogP contribution in [0.4, 0.5) is 0 Å². The zero-order chi connectivity index (χ0) is 13.0. The van der Waals surface area contributed by atoms with Crippen molar-refractivity contribution in [3.63, 3.8) is 0 Å². The Morgan fingerprint density at radius 1 is 1.39 bits per heavy atom. The molecule has 1 aromatic rings. The summed E-state index contributed by atoms with van der Waals surface area (Å²) in [5.74, 6) is 0.911. The molecule has 1 fully saturated rings. The first-order chi connectivity index (χ1) is 8.69. The highest BCUT2D eigenvalue weighted by molar-refractivity contribution is 9.10. The molecule has 1 aliphatic carbocycles. The van der Waals surface area contributed by atoms with Gasteiger partial charge in [-0.15, -0.1) is 0 Å². The fraction of sp³-hybridized carbons (Fsp3) is 0.600. The summed E-state index contributed by atoms with van der Waals surface area (Å²) in [7, 11) is 0. The fourth-order valence-electron chi connectivity index (χ4n) is 2.78. The molecular weight excluding hydrogens is 310 g/mol. The molecule has 1 N–H and O–H groups in total. The van der Waals surface area contributed by atoms with E-state index in [0.29, 0.717) is 6.04 Å². The SMILES string of the molecule is CCC1CCCC(NCc2cc(Br)ccc2Cl)C1. The summed E-state index contributed by atoms with van der Waals surface area (Å²) in [6, 6.07) is 6.71. The van der Waals surface area contributed by atoms with Crippen molar-refractivity contribution in [1.29, 1.82) is 0 Å². The van der Waals surface area contributed by atoms with Crippen LogP contribution in [0.3, 0.4) is 0 Å². The van der Waals surface area contributed by atoms with Crippen molar-refractivity contribution in [3.8, 4) is 0 Å². The van der Waals surface area contributed by atoms with Gasteiger partial charge in [0, 0.05) is 22.1 Å². The van der Waals surface area contributed by atoms with Gasteiger partial charge in [-0.2, -0.15) is 0 Å². The molecular formula is C15H21BrClN. The number of nitrogens with one attached hydrogen (secondary N) is 1. The van der Waals surface area contributed by atoms with Crippen LogP contribution in [0, 0.1) is 5.92 Å². The van der Waals surface area contributed by atoms with Crippen LogP contribution in [0.1, 0.15) is 44.6 Å². The zero-order valence-electron chi connectivity index (χ0n) is 10.9. The fourth-order valence-corrected chi connectivity index (χ4v) is 3.37. The van der Waals surface area contributed by atoms with Crippen molar-refractivity contribution in [2.45, 2.75) is 51.6 Å². The molecule has 0 aliphatic heterocycles. The number of hydrogen-bond acceptors (Lipinski definition) is 1. The van der Waals surface area contributed by atoms with Gasteiger partial charge in [-0.25, -0.2) is 0 Å². The second-order valence-corrected chi connectivity index (χ2v) is 6.58. The van der Waals surface area contributed by atoms with E-state index in [4.69, 9.17) is 11.6 Å². The van der Waals surface area contributed by atoms with E-state index in [1.54, 1.807) is 0 Å². The molecule has 1 aliphatic rings. The number of rotatable bonds is 4. The first-order valence-corrected chi connectivity index (χ1v) is 8.03. The summed E-state index contributed by atoms with van der Waals surface area (Å²) in [4.78, 5) is 0. The van der Waals surface area contributed by atoms with E-state index in [9.17, 15) is 0 Å². The summed E-state index contributed by atoms with van der Waals surface area (Å²) in [6.07, 6.45) is 6.72. The molecule has 0 saturated heterocycles. The molecule has 1 nitrogen and oxygen atoms in total. The minimum absolute atomic E-state index is 0.666. The Morgan fingerprint density at radius 3 is 3.00 bits per heavy atom. The van der Waals surface area contributed by atoms with E-state index in [-0.39, 0.29) is 0 Å². The monoisotopic (exact) mass is 329 g/mol. The molecule has 1 aromatic carbocycles. The third-order valence-corrected chi connectivity index (χ3v) is 4.81. The molecule has 2 atom stereocenters. The van der Waals surface area contributed by atoms with Crippen LogP contribution in [-0.4, -0.2) is 6.04 Å². The number of halogens is 2. The lowest BCUT2D eigenvalue weighted by Crippen LogP contribution is -2.33. The minimum atomic E-state index is 0.666. The van der Waals surface area contributed by atoms with Gasteiger partial charge in [-0.05, 0) is 42.5 Å². The van der Waals surface area contributed by atoms with E-state index in [0.717, 1.165) is 22.0 Å². The molecule has 2 unspecified atom stereocenters. The van der Waals surface area contributed by atoms with Gasteiger partial charge < -0.3 is 5.32 Å². The van der Waals surface area contributed by atoms with Crippen LogP contribution >= 0.6 is 27.5 Å². The maximum Gasteiger partial charge on any atom is 0.0451 e. The highest BCUT2D eigenvalue weighted by Crippen LogP contribution is 2.27. The molecule has 0 heterocycles. The van der Waals surface area contributed by atoms with Gasteiger partial charge >= 0.3 is 0 Å². The maximum atomic E-state index is 6.21. The predicted molar refractivity (Wildman–Crippen MR) is 82.0 cm³/mol. The van der Waals surface area contributed by atoms with Crippen molar-refractivity contribution in [2.24, 2.45) is 5.92 Å². The second kappa shape index (κ2) is 6.93. The normalized spacial score (nSPS) is 24.2. The van der Waals surface area contributed by atoms with Gasteiger partial charge in [0.25, 0.3) is 0 Å². The van der Waals surface area contributed by atoms with Gasteiger partial charge in [0.2, 0.25) is 0 Å². The second-order valence-electron chi connectivity index (χ2n) is 5.25. The molecule has 3 heteroatoms. The van der Waals surface area contributed by atoms with Crippen LogP contribution in [0.15, 0.2) is 22.7 Å². The standard InChI is InChI=1S/C15H21BrClN/c1-2-11-4-3-5-14(8-11)18-10-12-9-13(16)6-7-15(12)17/h6-7,9,11,14,18H,2-5,8,10H2,1H3. The minimum Gasteiger partial charge on any atom is -0.310 e. The molecule has 0 aromatic heterocycles. The van der Waals surface area contributed by atoms with E-state index < -0.39 is 0 Å². The summed E-state index contributed by atoms with van der Waals surface area (Å²) in [5.41, 5.74) is 1.18. The topological polar surface area (TPSA) is 12.0 Å². The van der Waals surface area contributed by atoms with E-state index >= 15 is 0 Å². The smallest absolute Gasteiger partial charge is 0.0451 e. The first-order valence-electron chi connectivity index (χ1n) is 6.86. The molecule has 0 amide bonds. The van der Waals surface area contributed by atoms with Gasteiger partial charge in [-0.1, -0.05) is 53.7 Å². The highest BCUT2D eigenvalue weighted by Gasteiger charge is 2.20. The summed E-state index contributed by atoms with van der Waals surface area (Å²) in [6.45, 7) is 3.18. The Balaban J connectivity index is 1.89. The lowest BCUT2D eigenvalue weighted by molar-refractivity contribution is 0.278. The van der Waals surface area contributed by atoms with Crippen molar-refractivity contribution in [2.75, 3.05) is 0 Å². The lowest BCUT2D eigenvalue weighted by Gasteiger charge is -2.29. The van der Waals surface area contributed by atoms with Gasteiger partial charge in [0.1, 0.15) is 0 Å². The van der Waals surface area contributed by atoms with Gasteiger partial charge in [0.15, 0.2) is 0 Å². The zero-order valence-corrected chi connectivity index (χ0v) is 13.2. The van der Waals surface area contributed by atoms with Crippen molar-refractivity contribution < 1.29 is 0 Å². The van der Waals surface area contributed by atoms with E-state index in [1.165, 1.54) is 37.7 Å². The molecule has 2 rings (SSSR count). The Hall–Kier alpha value is -0.0500. The third kappa shape index (κ3) is 3.97. The predicted octanol–water partition coefficient (Wildman–Crippen LogP) is 5.16. The first kappa shape index (κ1) is 14.4. The summed E-state index contributed by atoms with van der Waals surface area (Å²) in [5, 5.41) is 4.52. The summed E-state index contributed by atoms with van der Waals surface area (Å²) < 4.78 is 1.10. The maximum absolute atomic E-state index is 6.21. The number of hydrogen-bond donors (Lipinski definition) is 1. The quantitative estimate of drug-likeness (QED) is 0.804. The Labute approximate surface area is 123 Å². The molecule has 100 valence electrons. The lowest BCUT2D eigenvalue weighted by atomic mass is 9.84.